The lowest BCUT2D eigenvalue weighted by Gasteiger charge is -2.32. The van der Waals surface area contributed by atoms with Crippen LogP contribution in [-0.4, -0.2) is 51.8 Å². The Balaban J connectivity index is 1.86. The summed E-state index contributed by atoms with van der Waals surface area (Å²) >= 11 is 0. The zero-order valence-corrected chi connectivity index (χ0v) is 17.0. The van der Waals surface area contributed by atoms with E-state index < -0.39 is 16.1 Å². The van der Waals surface area contributed by atoms with Crippen molar-refractivity contribution in [2.24, 2.45) is 0 Å². The molecule has 7 nitrogen and oxygen atoms in total. The van der Waals surface area contributed by atoms with E-state index >= 15 is 0 Å². The van der Waals surface area contributed by atoms with Gasteiger partial charge in [-0.05, 0) is 24.6 Å². The molecule has 8 heteroatoms. The van der Waals surface area contributed by atoms with E-state index in [1.165, 1.54) is 4.90 Å². The van der Waals surface area contributed by atoms with Crippen LogP contribution in [0.25, 0.3) is 0 Å². The van der Waals surface area contributed by atoms with Gasteiger partial charge in [-0.15, -0.1) is 0 Å². The quantitative estimate of drug-likeness (QED) is 0.738. The minimum Gasteiger partial charge on any atom is -0.486 e. The fraction of sp³-hybridized carbons (Fsp3) is 0.350. The van der Waals surface area contributed by atoms with Gasteiger partial charge in [0.2, 0.25) is 15.9 Å². The van der Waals surface area contributed by atoms with Crippen LogP contribution in [0.3, 0.4) is 0 Å². The lowest BCUT2D eigenvalue weighted by atomic mass is 10.2. The number of nitrogens with zero attached hydrogens (tertiary/aromatic N) is 2. The summed E-state index contributed by atoms with van der Waals surface area (Å²) in [5, 5.41) is 0. The summed E-state index contributed by atoms with van der Waals surface area (Å²) in [6, 6.07) is 13.5. The molecule has 2 aromatic rings. The lowest BCUT2D eigenvalue weighted by Crippen LogP contribution is -2.48. The van der Waals surface area contributed by atoms with E-state index in [1.54, 1.807) is 32.2 Å². The fourth-order valence-electron chi connectivity index (χ4n) is 3.23. The molecule has 0 spiro atoms. The Morgan fingerprint density at radius 3 is 2.36 bits per heavy atom. The Bertz CT molecular complexity index is 946. The van der Waals surface area contributed by atoms with Crippen LogP contribution in [0, 0.1) is 0 Å². The van der Waals surface area contributed by atoms with Crippen LogP contribution < -0.4 is 13.8 Å². The van der Waals surface area contributed by atoms with E-state index in [1.807, 2.05) is 30.3 Å². The standard InChI is InChI=1S/C20H24N2O5S/c1-15(20(23)21(2)14-16-7-5-4-6-8-16)22(28(3,24)25)17-9-10-18-19(13-17)27-12-11-26-18/h4-10,13,15H,11-12,14H2,1-3H3/t15-/m1/s1. The molecular weight excluding hydrogens is 380 g/mol. The molecule has 0 N–H and O–H groups in total. The topological polar surface area (TPSA) is 76.2 Å². The molecule has 28 heavy (non-hydrogen) atoms. The normalized spacial score (nSPS) is 14.2. The molecular formula is C20H24N2O5S. The molecule has 1 aliphatic rings. The number of amides is 1. The van der Waals surface area contributed by atoms with Gasteiger partial charge in [-0.25, -0.2) is 8.42 Å². The number of carbonyl (C=O) groups excluding carboxylic acids is 1. The Labute approximate surface area is 165 Å². The van der Waals surface area contributed by atoms with Gasteiger partial charge >= 0.3 is 0 Å². The van der Waals surface area contributed by atoms with E-state index in [-0.39, 0.29) is 5.91 Å². The Kier molecular flexibility index (Phi) is 5.79. The number of sulfonamides is 1. The maximum atomic E-state index is 13.0. The van der Waals surface area contributed by atoms with Gasteiger partial charge in [0.15, 0.2) is 11.5 Å². The van der Waals surface area contributed by atoms with Gasteiger partial charge in [0.1, 0.15) is 19.3 Å². The van der Waals surface area contributed by atoms with E-state index in [2.05, 4.69) is 0 Å². The number of hydrogen-bond acceptors (Lipinski definition) is 5. The summed E-state index contributed by atoms with van der Waals surface area (Å²) in [6.45, 7) is 2.81. The second-order valence-electron chi connectivity index (χ2n) is 6.74. The van der Waals surface area contributed by atoms with Crippen LogP contribution in [0.1, 0.15) is 12.5 Å². The number of ether oxygens (including phenoxy) is 2. The van der Waals surface area contributed by atoms with Gasteiger partial charge in [-0.2, -0.15) is 0 Å². The van der Waals surface area contributed by atoms with Crippen LogP contribution >= 0.6 is 0 Å². The highest BCUT2D eigenvalue weighted by atomic mass is 32.2. The first-order valence-electron chi connectivity index (χ1n) is 8.95. The van der Waals surface area contributed by atoms with Crippen molar-refractivity contribution in [2.75, 3.05) is 30.8 Å². The highest BCUT2D eigenvalue weighted by Gasteiger charge is 2.32. The second kappa shape index (κ2) is 8.10. The molecule has 0 saturated carbocycles. The molecule has 0 aromatic heterocycles. The van der Waals surface area contributed by atoms with Gasteiger partial charge < -0.3 is 14.4 Å². The van der Waals surface area contributed by atoms with Gasteiger partial charge in [0, 0.05) is 19.7 Å². The van der Waals surface area contributed by atoms with Crippen molar-refractivity contribution in [1.82, 2.24) is 4.90 Å². The SMILES string of the molecule is C[C@H](C(=O)N(C)Cc1ccccc1)N(c1ccc2c(c1)OCCO2)S(C)(=O)=O. The van der Waals surface area contributed by atoms with Crippen molar-refractivity contribution in [3.8, 4) is 11.5 Å². The number of rotatable bonds is 6. The number of hydrogen-bond donors (Lipinski definition) is 0. The average molecular weight is 404 g/mol. The maximum absolute atomic E-state index is 13.0. The fourth-order valence-corrected chi connectivity index (χ4v) is 4.39. The molecule has 0 bridgehead atoms. The third kappa shape index (κ3) is 4.39. The monoisotopic (exact) mass is 404 g/mol. The summed E-state index contributed by atoms with van der Waals surface area (Å²) in [6.07, 6.45) is 1.09. The Morgan fingerprint density at radius 1 is 1.07 bits per heavy atom. The number of fused-ring (bicyclic) bond motifs is 1. The molecule has 3 rings (SSSR count). The third-order valence-corrected chi connectivity index (χ3v) is 5.73. The van der Waals surface area contributed by atoms with Crippen molar-refractivity contribution in [3.63, 3.8) is 0 Å². The van der Waals surface area contributed by atoms with Crippen LogP contribution in [0.5, 0.6) is 11.5 Å². The Hall–Kier alpha value is -2.74. The molecule has 1 aliphatic heterocycles. The maximum Gasteiger partial charge on any atom is 0.246 e. The lowest BCUT2D eigenvalue weighted by molar-refractivity contribution is -0.131. The zero-order valence-electron chi connectivity index (χ0n) is 16.2. The Morgan fingerprint density at radius 2 is 1.71 bits per heavy atom. The van der Waals surface area contributed by atoms with Crippen LogP contribution in [0.2, 0.25) is 0 Å². The van der Waals surface area contributed by atoms with Gasteiger partial charge in [-0.3, -0.25) is 9.10 Å². The number of carbonyl (C=O) groups is 1. The first-order valence-corrected chi connectivity index (χ1v) is 10.8. The molecule has 1 amide bonds. The van der Waals surface area contributed by atoms with E-state index in [4.69, 9.17) is 9.47 Å². The van der Waals surface area contributed by atoms with E-state index in [0.29, 0.717) is 36.9 Å². The highest BCUT2D eigenvalue weighted by molar-refractivity contribution is 7.92. The van der Waals surface area contributed by atoms with E-state index in [0.717, 1.165) is 16.1 Å². The number of benzene rings is 2. The zero-order chi connectivity index (χ0) is 20.3. The number of anilines is 1. The van der Waals surface area contributed by atoms with Crippen molar-refractivity contribution >= 4 is 21.6 Å². The first kappa shape index (κ1) is 20.0. The number of likely N-dealkylation sites (N-methyl/N-ethyl adjacent to an activating group) is 1. The summed E-state index contributed by atoms with van der Waals surface area (Å²) in [7, 11) is -2.04. The molecule has 0 aliphatic carbocycles. The molecule has 0 radical (unpaired) electrons. The van der Waals surface area contributed by atoms with Crippen LogP contribution in [0.15, 0.2) is 48.5 Å². The van der Waals surface area contributed by atoms with Gasteiger partial charge in [0.25, 0.3) is 0 Å². The molecule has 0 fully saturated rings. The molecule has 0 saturated heterocycles. The smallest absolute Gasteiger partial charge is 0.246 e. The largest absolute Gasteiger partial charge is 0.486 e. The molecule has 150 valence electrons. The van der Waals surface area contributed by atoms with E-state index in [9.17, 15) is 13.2 Å². The first-order chi connectivity index (χ1) is 13.3. The van der Waals surface area contributed by atoms with Crippen LogP contribution in [-0.2, 0) is 21.4 Å². The molecule has 1 atom stereocenters. The average Bonchev–Trinajstić information content (AvgIpc) is 2.67. The summed E-state index contributed by atoms with van der Waals surface area (Å²) in [4.78, 5) is 14.5. The summed E-state index contributed by atoms with van der Waals surface area (Å²) in [5.41, 5.74) is 1.33. The van der Waals surface area contributed by atoms with Gasteiger partial charge in [0.05, 0.1) is 11.9 Å². The second-order valence-corrected chi connectivity index (χ2v) is 8.60. The van der Waals surface area contributed by atoms with Crippen molar-refractivity contribution in [1.29, 1.82) is 0 Å². The van der Waals surface area contributed by atoms with Gasteiger partial charge in [-0.1, -0.05) is 30.3 Å². The predicted molar refractivity (Wildman–Crippen MR) is 107 cm³/mol. The predicted octanol–water partition coefficient (Wildman–Crippen LogP) is 2.27. The minimum absolute atomic E-state index is 0.302. The minimum atomic E-state index is -3.71. The summed E-state index contributed by atoms with van der Waals surface area (Å²) in [5.74, 6) is 0.725. The van der Waals surface area contributed by atoms with Crippen molar-refractivity contribution in [2.45, 2.75) is 19.5 Å². The third-order valence-electron chi connectivity index (χ3n) is 4.49. The molecule has 1 heterocycles. The molecule has 2 aromatic carbocycles. The highest BCUT2D eigenvalue weighted by Crippen LogP contribution is 2.35. The molecule has 0 unspecified atom stereocenters. The summed E-state index contributed by atoms with van der Waals surface area (Å²) < 4.78 is 37.2. The van der Waals surface area contributed by atoms with Crippen molar-refractivity contribution in [3.05, 3.63) is 54.1 Å². The van der Waals surface area contributed by atoms with Crippen LogP contribution in [0.4, 0.5) is 5.69 Å². The van der Waals surface area contributed by atoms with Crippen molar-refractivity contribution < 1.29 is 22.7 Å².